The van der Waals surface area contributed by atoms with Crippen LogP contribution in [0.4, 0.5) is 11.6 Å². The zero-order valence-electron chi connectivity index (χ0n) is 17.8. The van der Waals surface area contributed by atoms with E-state index >= 15 is 0 Å². The molecule has 7 heteroatoms. The summed E-state index contributed by atoms with van der Waals surface area (Å²) in [5.74, 6) is 1.94. The van der Waals surface area contributed by atoms with Crippen molar-refractivity contribution in [3.8, 4) is 22.4 Å². The Bertz CT molecular complexity index is 996. The smallest absolute Gasteiger partial charge is 0.129 e. The molecule has 0 radical (unpaired) electrons. The topological polar surface area (TPSA) is 78.9 Å². The van der Waals surface area contributed by atoms with Crippen molar-refractivity contribution in [2.75, 3.05) is 36.4 Å². The van der Waals surface area contributed by atoms with E-state index < -0.39 is 0 Å². The van der Waals surface area contributed by atoms with Gasteiger partial charge in [-0.1, -0.05) is 19.3 Å². The summed E-state index contributed by atoms with van der Waals surface area (Å²) in [6, 6.07) is 11.0. The Balaban J connectivity index is 1.49. The molecule has 2 aliphatic rings. The maximum Gasteiger partial charge on any atom is 0.129 e. The predicted octanol–water partition coefficient (Wildman–Crippen LogP) is 3.75. The fraction of sp³-hybridized carbons (Fsp3) is 0.417. The molecule has 31 heavy (non-hydrogen) atoms. The summed E-state index contributed by atoms with van der Waals surface area (Å²) in [5, 5.41) is 15.1. The summed E-state index contributed by atoms with van der Waals surface area (Å²) in [5.41, 5.74) is 4.18. The van der Waals surface area contributed by atoms with Crippen LogP contribution in [0, 0.1) is 0 Å². The maximum atomic E-state index is 5.05. The predicted molar refractivity (Wildman–Crippen MR) is 124 cm³/mol. The Kier molecular flexibility index (Phi) is 6.02. The molecule has 5 rings (SSSR count). The van der Waals surface area contributed by atoms with Gasteiger partial charge in [-0.25, -0.2) is 9.97 Å². The van der Waals surface area contributed by atoms with Crippen molar-refractivity contribution in [2.45, 2.75) is 38.1 Å². The minimum Gasteiger partial charge on any atom is -0.367 e. The fourth-order valence-electron chi connectivity index (χ4n) is 4.47. The van der Waals surface area contributed by atoms with Crippen LogP contribution >= 0.6 is 0 Å². The van der Waals surface area contributed by atoms with Crippen LogP contribution in [0.25, 0.3) is 22.4 Å². The van der Waals surface area contributed by atoms with Crippen LogP contribution in [0.2, 0.25) is 0 Å². The van der Waals surface area contributed by atoms with Crippen molar-refractivity contribution in [1.82, 2.24) is 25.5 Å². The molecule has 0 amide bonds. The van der Waals surface area contributed by atoms with Crippen LogP contribution in [0.5, 0.6) is 0 Å². The maximum absolute atomic E-state index is 5.05. The highest BCUT2D eigenvalue weighted by molar-refractivity contribution is 5.74. The summed E-state index contributed by atoms with van der Waals surface area (Å²) < 4.78 is 0. The molecule has 3 aromatic heterocycles. The molecule has 1 aliphatic heterocycles. The van der Waals surface area contributed by atoms with Gasteiger partial charge in [0.2, 0.25) is 0 Å². The first-order valence-corrected chi connectivity index (χ1v) is 11.3. The van der Waals surface area contributed by atoms with Gasteiger partial charge in [0, 0.05) is 49.5 Å². The lowest BCUT2D eigenvalue weighted by Crippen LogP contribution is -2.43. The van der Waals surface area contributed by atoms with Gasteiger partial charge >= 0.3 is 0 Å². The van der Waals surface area contributed by atoms with E-state index in [4.69, 9.17) is 4.98 Å². The monoisotopic (exact) mass is 415 g/mol. The number of nitrogens with zero attached hydrogens (tertiary/aromatic N) is 5. The molecule has 2 fully saturated rings. The number of pyridine rings is 2. The molecule has 1 saturated carbocycles. The molecule has 4 heterocycles. The first kappa shape index (κ1) is 19.9. The molecule has 3 aromatic rings. The van der Waals surface area contributed by atoms with E-state index in [1.165, 1.54) is 32.1 Å². The molecular weight excluding hydrogens is 386 g/mol. The lowest BCUT2D eigenvalue weighted by Gasteiger charge is -2.29. The first-order valence-electron chi connectivity index (χ1n) is 11.3. The summed E-state index contributed by atoms with van der Waals surface area (Å²) in [4.78, 5) is 12.0. The van der Waals surface area contributed by atoms with Crippen LogP contribution in [0.1, 0.15) is 32.1 Å². The fourth-order valence-corrected chi connectivity index (χ4v) is 4.47. The van der Waals surface area contributed by atoms with Crippen LogP contribution < -0.4 is 15.5 Å². The highest BCUT2D eigenvalue weighted by Crippen LogP contribution is 2.30. The number of rotatable bonds is 5. The Morgan fingerprint density at radius 3 is 2.52 bits per heavy atom. The summed E-state index contributed by atoms with van der Waals surface area (Å²) >= 11 is 0. The normalized spacial score (nSPS) is 17.5. The van der Waals surface area contributed by atoms with Gasteiger partial charge in [0.1, 0.15) is 11.6 Å². The van der Waals surface area contributed by atoms with Crippen LogP contribution in [-0.4, -0.2) is 52.4 Å². The molecule has 160 valence electrons. The van der Waals surface area contributed by atoms with Crippen molar-refractivity contribution in [3.05, 3.63) is 48.9 Å². The third kappa shape index (κ3) is 4.82. The number of anilines is 2. The highest BCUT2D eigenvalue weighted by Gasteiger charge is 2.17. The Morgan fingerprint density at radius 2 is 1.71 bits per heavy atom. The van der Waals surface area contributed by atoms with Crippen LogP contribution in [0.15, 0.2) is 48.9 Å². The van der Waals surface area contributed by atoms with Crippen molar-refractivity contribution < 1.29 is 0 Å². The van der Waals surface area contributed by atoms with Gasteiger partial charge in [-0.15, -0.1) is 0 Å². The third-order valence-electron chi connectivity index (χ3n) is 6.18. The summed E-state index contributed by atoms with van der Waals surface area (Å²) in [6.45, 7) is 3.86. The first-order chi connectivity index (χ1) is 15.3. The largest absolute Gasteiger partial charge is 0.367 e. The molecule has 1 saturated heterocycles. The second-order valence-electron chi connectivity index (χ2n) is 8.38. The van der Waals surface area contributed by atoms with E-state index in [0.717, 1.165) is 60.2 Å². The molecule has 7 nitrogen and oxygen atoms in total. The lowest BCUT2D eigenvalue weighted by atomic mass is 9.95. The standard InChI is InChI=1S/C24H29N7/c1-2-4-21(5-3-1)29-23-15-18(6-8-26-23)22-14-20(19-7-9-27-28-17-19)16-24(30-22)31-12-10-25-11-13-31/h6-9,14-17,21,25H,1-5,10-13H2,(H,26,29). The number of hydrogen-bond donors (Lipinski definition) is 2. The second kappa shape index (κ2) is 9.39. The van der Waals surface area contributed by atoms with Crippen LogP contribution in [-0.2, 0) is 0 Å². The molecule has 0 unspecified atom stereocenters. The molecular formula is C24H29N7. The van der Waals surface area contributed by atoms with E-state index in [9.17, 15) is 0 Å². The van der Waals surface area contributed by atoms with Gasteiger partial charge in [0.25, 0.3) is 0 Å². The molecule has 2 N–H and O–H groups in total. The van der Waals surface area contributed by atoms with E-state index in [0.29, 0.717) is 6.04 Å². The minimum absolute atomic E-state index is 0.523. The average Bonchev–Trinajstić information content (AvgIpc) is 2.86. The van der Waals surface area contributed by atoms with Gasteiger partial charge in [0.05, 0.1) is 18.1 Å². The Morgan fingerprint density at radius 1 is 0.871 bits per heavy atom. The zero-order valence-corrected chi connectivity index (χ0v) is 17.8. The summed E-state index contributed by atoms with van der Waals surface area (Å²) in [7, 11) is 0. The van der Waals surface area contributed by atoms with Crippen LogP contribution in [0.3, 0.4) is 0 Å². The molecule has 0 bridgehead atoms. The molecule has 0 spiro atoms. The van der Waals surface area contributed by atoms with Gasteiger partial charge in [-0.3, -0.25) is 0 Å². The van der Waals surface area contributed by atoms with Crippen molar-refractivity contribution in [1.29, 1.82) is 0 Å². The van der Waals surface area contributed by atoms with E-state index in [1.54, 1.807) is 6.20 Å². The average molecular weight is 416 g/mol. The SMILES string of the molecule is c1cc(-c2cc(-c3ccnc(NC4CCCCC4)c3)nc(N3CCNCC3)c2)cnn1. The van der Waals surface area contributed by atoms with E-state index in [1.807, 2.05) is 24.5 Å². The Hall–Kier alpha value is -3.06. The minimum atomic E-state index is 0.523. The van der Waals surface area contributed by atoms with Gasteiger partial charge < -0.3 is 15.5 Å². The van der Waals surface area contributed by atoms with Crippen molar-refractivity contribution >= 4 is 11.6 Å². The van der Waals surface area contributed by atoms with E-state index in [2.05, 4.69) is 48.9 Å². The Labute approximate surface area is 183 Å². The number of hydrogen-bond acceptors (Lipinski definition) is 7. The zero-order chi connectivity index (χ0) is 20.9. The molecule has 0 aromatic carbocycles. The third-order valence-corrected chi connectivity index (χ3v) is 6.18. The quantitative estimate of drug-likeness (QED) is 0.657. The number of nitrogens with one attached hydrogen (secondary N) is 2. The lowest BCUT2D eigenvalue weighted by molar-refractivity contribution is 0.462. The van der Waals surface area contributed by atoms with E-state index in [-0.39, 0.29) is 0 Å². The van der Waals surface area contributed by atoms with Gasteiger partial charge in [-0.05, 0) is 48.7 Å². The summed E-state index contributed by atoms with van der Waals surface area (Å²) in [6.07, 6.45) is 11.8. The van der Waals surface area contributed by atoms with Crippen molar-refractivity contribution in [3.63, 3.8) is 0 Å². The second-order valence-corrected chi connectivity index (χ2v) is 8.38. The molecule has 1 aliphatic carbocycles. The molecule has 0 atom stereocenters. The highest BCUT2D eigenvalue weighted by atomic mass is 15.2. The number of aromatic nitrogens is 4. The van der Waals surface area contributed by atoms with Gasteiger partial charge in [0.15, 0.2) is 0 Å². The number of piperazine rings is 1. The van der Waals surface area contributed by atoms with Crippen molar-refractivity contribution in [2.24, 2.45) is 0 Å². The van der Waals surface area contributed by atoms with Gasteiger partial charge in [-0.2, -0.15) is 10.2 Å².